The van der Waals surface area contributed by atoms with E-state index in [1.807, 2.05) is 30.0 Å². The monoisotopic (exact) mass is 344 g/mol. The van der Waals surface area contributed by atoms with E-state index in [0.29, 0.717) is 18.0 Å². The van der Waals surface area contributed by atoms with Crippen LogP contribution in [0.1, 0.15) is 37.8 Å². The molecular formula is C14H18BrClN2O. The van der Waals surface area contributed by atoms with Gasteiger partial charge in [-0.15, -0.1) is 0 Å². The van der Waals surface area contributed by atoms with Crippen molar-refractivity contribution in [3.63, 3.8) is 0 Å². The van der Waals surface area contributed by atoms with Gasteiger partial charge in [0.1, 0.15) is 0 Å². The van der Waals surface area contributed by atoms with Gasteiger partial charge in [-0.1, -0.05) is 17.7 Å². The number of hydrogen-bond donors (Lipinski definition) is 1. The fourth-order valence-corrected chi connectivity index (χ4v) is 3.11. The van der Waals surface area contributed by atoms with Crippen molar-refractivity contribution in [2.75, 3.05) is 6.54 Å². The molecule has 104 valence electrons. The predicted octanol–water partition coefficient (Wildman–Crippen LogP) is 3.50. The molecule has 1 aromatic carbocycles. The number of carbonyl (C=O) groups is 1. The van der Waals surface area contributed by atoms with Crippen LogP contribution in [0.2, 0.25) is 5.02 Å². The van der Waals surface area contributed by atoms with Crippen molar-refractivity contribution in [3.05, 3.63) is 33.3 Å². The molecule has 1 heterocycles. The Morgan fingerprint density at radius 3 is 2.89 bits per heavy atom. The lowest BCUT2D eigenvalue weighted by Gasteiger charge is -2.33. The molecule has 5 heteroatoms. The number of nitrogens with zero attached hydrogens (tertiary/aromatic N) is 1. The molecule has 19 heavy (non-hydrogen) atoms. The van der Waals surface area contributed by atoms with Crippen LogP contribution in [-0.2, 0) is 4.79 Å². The fourth-order valence-electron chi connectivity index (χ4n) is 2.67. The summed E-state index contributed by atoms with van der Waals surface area (Å²) >= 11 is 9.54. The zero-order valence-corrected chi connectivity index (χ0v) is 13.2. The molecule has 2 unspecified atom stereocenters. The third-order valence-electron chi connectivity index (χ3n) is 3.62. The largest absolute Gasteiger partial charge is 0.334 e. The zero-order valence-electron chi connectivity index (χ0n) is 10.9. The molecule has 1 aliphatic heterocycles. The molecule has 1 fully saturated rings. The Morgan fingerprint density at radius 1 is 1.53 bits per heavy atom. The molecule has 0 radical (unpaired) electrons. The lowest BCUT2D eigenvalue weighted by Crippen LogP contribution is -2.42. The van der Waals surface area contributed by atoms with Gasteiger partial charge in [-0.05, 0) is 53.4 Å². The van der Waals surface area contributed by atoms with E-state index in [0.717, 1.165) is 22.9 Å². The SMILES string of the molecule is CCN1C(=O)CCCC(N)C1c1ccc(Br)c(Cl)c1. The summed E-state index contributed by atoms with van der Waals surface area (Å²) in [7, 11) is 0. The van der Waals surface area contributed by atoms with Crippen molar-refractivity contribution in [1.29, 1.82) is 0 Å². The molecular weight excluding hydrogens is 328 g/mol. The first-order valence-corrected chi connectivity index (χ1v) is 7.71. The lowest BCUT2D eigenvalue weighted by molar-refractivity contribution is -0.133. The van der Waals surface area contributed by atoms with Crippen molar-refractivity contribution in [1.82, 2.24) is 4.90 Å². The van der Waals surface area contributed by atoms with Gasteiger partial charge >= 0.3 is 0 Å². The molecule has 1 amide bonds. The highest BCUT2D eigenvalue weighted by Gasteiger charge is 2.31. The third kappa shape index (κ3) is 3.12. The number of likely N-dealkylation sites (tertiary alicyclic amines) is 1. The number of hydrogen-bond acceptors (Lipinski definition) is 2. The zero-order chi connectivity index (χ0) is 14.0. The summed E-state index contributed by atoms with van der Waals surface area (Å²) in [5.74, 6) is 0.180. The number of nitrogens with two attached hydrogens (primary N) is 1. The smallest absolute Gasteiger partial charge is 0.223 e. The van der Waals surface area contributed by atoms with Crippen molar-refractivity contribution >= 4 is 33.4 Å². The van der Waals surface area contributed by atoms with E-state index >= 15 is 0 Å². The number of amides is 1. The summed E-state index contributed by atoms with van der Waals surface area (Å²) in [5.41, 5.74) is 7.29. The predicted molar refractivity (Wildman–Crippen MR) is 81.1 cm³/mol. The summed E-state index contributed by atoms with van der Waals surface area (Å²) in [4.78, 5) is 14.0. The van der Waals surface area contributed by atoms with Crippen LogP contribution in [0.25, 0.3) is 0 Å². The number of likely N-dealkylation sites (N-methyl/N-ethyl adjacent to an activating group) is 1. The minimum atomic E-state index is -0.0781. The van der Waals surface area contributed by atoms with Gasteiger partial charge < -0.3 is 10.6 Å². The van der Waals surface area contributed by atoms with E-state index < -0.39 is 0 Å². The molecule has 2 atom stereocenters. The molecule has 1 aliphatic rings. The first kappa shape index (κ1) is 14.8. The van der Waals surface area contributed by atoms with Gasteiger partial charge in [0.15, 0.2) is 0 Å². The number of benzene rings is 1. The number of rotatable bonds is 2. The Bertz CT molecular complexity index is 481. The molecule has 2 rings (SSSR count). The molecule has 1 saturated heterocycles. The van der Waals surface area contributed by atoms with Crippen LogP contribution in [0.15, 0.2) is 22.7 Å². The van der Waals surface area contributed by atoms with E-state index in [1.54, 1.807) is 0 Å². The van der Waals surface area contributed by atoms with Crippen LogP contribution in [0.4, 0.5) is 0 Å². The molecule has 2 N–H and O–H groups in total. The van der Waals surface area contributed by atoms with Crippen molar-refractivity contribution < 1.29 is 4.79 Å². The van der Waals surface area contributed by atoms with E-state index in [2.05, 4.69) is 15.9 Å². The standard InChI is InChI=1S/C14H18BrClN2O/c1-2-18-13(19)5-3-4-12(17)14(18)9-6-7-10(15)11(16)8-9/h6-8,12,14H,2-5,17H2,1H3. The molecule has 0 aliphatic carbocycles. The van der Waals surface area contributed by atoms with Gasteiger partial charge in [0.2, 0.25) is 5.91 Å². The highest BCUT2D eigenvalue weighted by Crippen LogP contribution is 2.33. The lowest BCUT2D eigenvalue weighted by atomic mass is 9.96. The van der Waals surface area contributed by atoms with Gasteiger partial charge in [-0.2, -0.15) is 0 Å². The molecule has 1 aromatic rings. The highest BCUT2D eigenvalue weighted by molar-refractivity contribution is 9.10. The fraction of sp³-hybridized carbons (Fsp3) is 0.500. The second-order valence-electron chi connectivity index (χ2n) is 4.85. The van der Waals surface area contributed by atoms with Crippen LogP contribution < -0.4 is 5.73 Å². The Kier molecular flexibility index (Phi) is 4.87. The minimum absolute atomic E-state index is 0.0383. The van der Waals surface area contributed by atoms with Crippen LogP contribution in [0.5, 0.6) is 0 Å². The van der Waals surface area contributed by atoms with Gasteiger partial charge in [-0.25, -0.2) is 0 Å². The molecule has 0 aromatic heterocycles. The molecule has 0 bridgehead atoms. The summed E-state index contributed by atoms with van der Waals surface area (Å²) in [6.45, 7) is 2.66. The maximum Gasteiger partial charge on any atom is 0.223 e. The highest BCUT2D eigenvalue weighted by atomic mass is 79.9. The summed E-state index contributed by atoms with van der Waals surface area (Å²) < 4.78 is 0.856. The first-order chi connectivity index (χ1) is 9.04. The van der Waals surface area contributed by atoms with Gasteiger partial charge in [0, 0.05) is 23.5 Å². The van der Waals surface area contributed by atoms with Crippen molar-refractivity contribution in [2.24, 2.45) is 5.73 Å². The van der Waals surface area contributed by atoms with E-state index in [9.17, 15) is 4.79 Å². The second-order valence-corrected chi connectivity index (χ2v) is 6.12. The Labute approximate surface area is 127 Å². The average Bonchev–Trinajstić information content (AvgIpc) is 2.52. The van der Waals surface area contributed by atoms with Crippen LogP contribution in [0.3, 0.4) is 0 Å². The molecule has 0 saturated carbocycles. The normalized spacial score (nSPS) is 24.4. The van der Waals surface area contributed by atoms with E-state index in [1.165, 1.54) is 0 Å². The quantitative estimate of drug-likeness (QED) is 0.891. The van der Waals surface area contributed by atoms with Crippen LogP contribution >= 0.6 is 27.5 Å². The van der Waals surface area contributed by atoms with Gasteiger partial charge in [0.05, 0.1) is 11.1 Å². The Morgan fingerprint density at radius 2 is 2.26 bits per heavy atom. The molecule has 0 spiro atoms. The maximum atomic E-state index is 12.2. The van der Waals surface area contributed by atoms with Gasteiger partial charge in [-0.3, -0.25) is 4.79 Å². The Hall–Kier alpha value is -0.580. The molecule has 3 nitrogen and oxygen atoms in total. The van der Waals surface area contributed by atoms with Gasteiger partial charge in [0.25, 0.3) is 0 Å². The number of carbonyl (C=O) groups excluding carboxylic acids is 1. The topological polar surface area (TPSA) is 46.3 Å². The van der Waals surface area contributed by atoms with E-state index in [4.69, 9.17) is 17.3 Å². The minimum Gasteiger partial charge on any atom is -0.334 e. The first-order valence-electron chi connectivity index (χ1n) is 6.54. The van der Waals surface area contributed by atoms with Crippen molar-refractivity contribution in [3.8, 4) is 0 Å². The summed E-state index contributed by atoms with van der Waals surface area (Å²) in [6.07, 6.45) is 2.31. The average molecular weight is 346 g/mol. The van der Waals surface area contributed by atoms with Crippen LogP contribution in [-0.4, -0.2) is 23.4 Å². The maximum absolute atomic E-state index is 12.2. The van der Waals surface area contributed by atoms with Crippen molar-refractivity contribution in [2.45, 2.75) is 38.3 Å². The second kappa shape index (κ2) is 6.25. The Balaban J connectivity index is 2.41. The summed E-state index contributed by atoms with van der Waals surface area (Å²) in [6, 6.07) is 5.68. The summed E-state index contributed by atoms with van der Waals surface area (Å²) in [5, 5.41) is 0.650. The third-order valence-corrected chi connectivity index (χ3v) is 4.85. The van der Waals surface area contributed by atoms with E-state index in [-0.39, 0.29) is 18.0 Å². The number of halogens is 2. The van der Waals surface area contributed by atoms with Crippen LogP contribution in [0, 0.1) is 0 Å².